The average Bonchev–Trinajstić information content (AvgIpc) is 2.75. The minimum Gasteiger partial charge on any atom is -0.491 e. The summed E-state index contributed by atoms with van der Waals surface area (Å²) in [5.41, 5.74) is 2.80. The van der Waals surface area contributed by atoms with Gasteiger partial charge in [0.1, 0.15) is 12.4 Å². The molecule has 0 bridgehead atoms. The SMILES string of the molecule is CC(C)(C)c1ccc(OCCOCC(O)CN2CCN(Cc3ccccc3)CC2)cc1.Cl.Cl. The van der Waals surface area contributed by atoms with E-state index in [-0.39, 0.29) is 30.2 Å². The van der Waals surface area contributed by atoms with Crippen LogP contribution < -0.4 is 4.74 Å². The molecule has 186 valence electrons. The Bertz CT molecular complexity index is 761. The highest BCUT2D eigenvalue weighted by Gasteiger charge is 2.19. The molecule has 2 aromatic carbocycles. The maximum atomic E-state index is 10.3. The number of rotatable bonds is 10. The van der Waals surface area contributed by atoms with Gasteiger partial charge in [-0.2, -0.15) is 0 Å². The predicted molar refractivity (Wildman–Crippen MR) is 140 cm³/mol. The van der Waals surface area contributed by atoms with Crippen LogP contribution in [0.3, 0.4) is 0 Å². The molecular formula is C26H40Cl2N2O3. The summed E-state index contributed by atoms with van der Waals surface area (Å²) in [6.07, 6.45) is -0.466. The van der Waals surface area contributed by atoms with E-state index >= 15 is 0 Å². The average molecular weight is 500 g/mol. The minimum atomic E-state index is -0.466. The minimum absolute atomic E-state index is 0. The second-order valence-electron chi connectivity index (χ2n) is 9.41. The van der Waals surface area contributed by atoms with Gasteiger partial charge in [-0.25, -0.2) is 0 Å². The number of nitrogens with zero attached hydrogens (tertiary/aromatic N) is 2. The molecule has 1 N–H and O–H groups in total. The molecule has 2 aromatic rings. The van der Waals surface area contributed by atoms with E-state index in [1.807, 2.05) is 12.1 Å². The number of β-amino-alcohol motifs (C(OH)–C–C–N with tert-alkyl or cyclic N) is 1. The Morgan fingerprint density at radius 1 is 0.848 bits per heavy atom. The molecule has 3 rings (SSSR count). The standard InChI is InChI=1S/C26H38N2O3.2ClH/c1-26(2,3)23-9-11-25(12-10-23)31-18-17-30-21-24(29)20-28-15-13-27(14-16-28)19-22-7-5-4-6-8-22;;/h4-12,24,29H,13-21H2,1-3H3;2*1H. The van der Waals surface area contributed by atoms with Crippen LogP contribution in [0.2, 0.25) is 0 Å². The van der Waals surface area contributed by atoms with Crippen LogP contribution in [-0.4, -0.2) is 73.6 Å². The lowest BCUT2D eigenvalue weighted by atomic mass is 9.87. The van der Waals surface area contributed by atoms with Crippen molar-refractivity contribution < 1.29 is 14.6 Å². The van der Waals surface area contributed by atoms with E-state index in [0.717, 1.165) is 38.5 Å². The molecular weight excluding hydrogens is 459 g/mol. The van der Waals surface area contributed by atoms with E-state index in [4.69, 9.17) is 9.47 Å². The predicted octanol–water partition coefficient (Wildman–Crippen LogP) is 4.40. The fourth-order valence-electron chi connectivity index (χ4n) is 3.81. The van der Waals surface area contributed by atoms with E-state index in [1.165, 1.54) is 11.1 Å². The van der Waals surface area contributed by atoms with E-state index in [0.29, 0.717) is 26.4 Å². The molecule has 1 aliphatic heterocycles. The van der Waals surface area contributed by atoms with E-state index in [1.54, 1.807) is 0 Å². The van der Waals surface area contributed by atoms with Crippen molar-refractivity contribution in [2.75, 3.05) is 52.5 Å². The van der Waals surface area contributed by atoms with Gasteiger partial charge in [0, 0.05) is 39.3 Å². The number of ether oxygens (including phenoxy) is 2. The molecule has 0 radical (unpaired) electrons. The van der Waals surface area contributed by atoms with Crippen molar-refractivity contribution in [1.82, 2.24) is 9.80 Å². The third kappa shape index (κ3) is 10.6. The van der Waals surface area contributed by atoms with Gasteiger partial charge in [0.05, 0.1) is 19.3 Å². The Balaban J connectivity index is 0.00000272. The van der Waals surface area contributed by atoms with Crippen LogP contribution in [-0.2, 0) is 16.7 Å². The van der Waals surface area contributed by atoms with Crippen molar-refractivity contribution in [1.29, 1.82) is 0 Å². The Labute approximate surface area is 211 Å². The van der Waals surface area contributed by atoms with Gasteiger partial charge in [0.2, 0.25) is 0 Å². The molecule has 7 heteroatoms. The number of hydrogen-bond acceptors (Lipinski definition) is 5. The number of hydrogen-bond donors (Lipinski definition) is 1. The van der Waals surface area contributed by atoms with Gasteiger partial charge in [-0.3, -0.25) is 9.80 Å². The molecule has 0 aromatic heterocycles. The zero-order valence-corrected chi connectivity index (χ0v) is 21.7. The van der Waals surface area contributed by atoms with Crippen molar-refractivity contribution in [2.24, 2.45) is 0 Å². The van der Waals surface area contributed by atoms with Crippen molar-refractivity contribution >= 4 is 24.8 Å². The van der Waals surface area contributed by atoms with E-state index < -0.39 is 6.10 Å². The Morgan fingerprint density at radius 2 is 1.45 bits per heavy atom. The van der Waals surface area contributed by atoms with Gasteiger partial charge in [-0.05, 0) is 28.7 Å². The first kappa shape index (κ1) is 29.7. The molecule has 1 unspecified atom stereocenters. The summed E-state index contributed by atoms with van der Waals surface area (Å²) in [6.45, 7) is 13.6. The third-order valence-electron chi connectivity index (χ3n) is 5.71. The van der Waals surface area contributed by atoms with Crippen LogP contribution in [0.25, 0.3) is 0 Å². The third-order valence-corrected chi connectivity index (χ3v) is 5.71. The number of piperazine rings is 1. The molecule has 1 saturated heterocycles. The summed E-state index contributed by atoms with van der Waals surface area (Å²) in [4.78, 5) is 4.79. The van der Waals surface area contributed by atoms with Crippen LogP contribution in [0.5, 0.6) is 5.75 Å². The highest BCUT2D eigenvalue weighted by atomic mass is 35.5. The maximum Gasteiger partial charge on any atom is 0.119 e. The molecule has 1 heterocycles. The largest absolute Gasteiger partial charge is 0.491 e. The molecule has 1 atom stereocenters. The molecule has 1 fully saturated rings. The maximum absolute atomic E-state index is 10.3. The normalized spacial score (nSPS) is 15.9. The first-order valence-corrected chi connectivity index (χ1v) is 11.4. The Hall–Kier alpha value is -1.34. The van der Waals surface area contributed by atoms with Crippen LogP contribution >= 0.6 is 24.8 Å². The Morgan fingerprint density at radius 3 is 2.06 bits per heavy atom. The van der Waals surface area contributed by atoms with Crippen LogP contribution in [0.15, 0.2) is 54.6 Å². The fourth-order valence-corrected chi connectivity index (χ4v) is 3.81. The van der Waals surface area contributed by atoms with Gasteiger partial charge in [0.25, 0.3) is 0 Å². The summed E-state index contributed by atoms with van der Waals surface area (Å²) >= 11 is 0. The monoisotopic (exact) mass is 498 g/mol. The molecule has 0 amide bonds. The second kappa shape index (κ2) is 14.8. The molecule has 0 saturated carbocycles. The van der Waals surface area contributed by atoms with Crippen LogP contribution in [0.4, 0.5) is 0 Å². The van der Waals surface area contributed by atoms with Gasteiger partial charge in [-0.1, -0.05) is 63.2 Å². The van der Waals surface area contributed by atoms with Gasteiger partial charge in [0.15, 0.2) is 0 Å². The van der Waals surface area contributed by atoms with Crippen molar-refractivity contribution in [3.63, 3.8) is 0 Å². The van der Waals surface area contributed by atoms with Gasteiger partial charge >= 0.3 is 0 Å². The lowest BCUT2D eigenvalue weighted by Gasteiger charge is -2.35. The topological polar surface area (TPSA) is 45.2 Å². The number of aliphatic hydroxyl groups excluding tert-OH is 1. The number of benzene rings is 2. The van der Waals surface area contributed by atoms with E-state index in [2.05, 4.69) is 73.0 Å². The smallest absolute Gasteiger partial charge is 0.119 e. The lowest BCUT2D eigenvalue weighted by molar-refractivity contribution is -0.000437. The summed E-state index contributed by atoms with van der Waals surface area (Å²) in [6, 6.07) is 18.8. The summed E-state index contributed by atoms with van der Waals surface area (Å²) in [5, 5.41) is 10.3. The second-order valence-corrected chi connectivity index (χ2v) is 9.41. The molecule has 5 nitrogen and oxygen atoms in total. The highest BCUT2D eigenvalue weighted by Crippen LogP contribution is 2.24. The van der Waals surface area contributed by atoms with Gasteiger partial charge in [-0.15, -0.1) is 24.8 Å². The zero-order chi connectivity index (χ0) is 22.1. The summed E-state index contributed by atoms with van der Waals surface area (Å²) in [5.74, 6) is 0.852. The quantitative estimate of drug-likeness (QED) is 0.491. The molecule has 1 aliphatic rings. The molecule has 0 spiro atoms. The highest BCUT2D eigenvalue weighted by molar-refractivity contribution is 5.85. The summed E-state index contributed by atoms with van der Waals surface area (Å²) < 4.78 is 11.4. The first-order valence-electron chi connectivity index (χ1n) is 11.4. The van der Waals surface area contributed by atoms with E-state index in [9.17, 15) is 5.11 Å². The molecule has 0 aliphatic carbocycles. The first-order chi connectivity index (χ1) is 14.9. The Kier molecular flexibility index (Phi) is 13.3. The van der Waals surface area contributed by atoms with Crippen molar-refractivity contribution in [3.05, 3.63) is 65.7 Å². The lowest BCUT2D eigenvalue weighted by Crippen LogP contribution is -2.48. The van der Waals surface area contributed by atoms with Gasteiger partial charge < -0.3 is 14.6 Å². The fraction of sp³-hybridized carbons (Fsp3) is 0.538. The number of aliphatic hydroxyl groups is 1. The summed E-state index contributed by atoms with van der Waals surface area (Å²) in [7, 11) is 0. The van der Waals surface area contributed by atoms with Crippen molar-refractivity contribution in [3.8, 4) is 5.75 Å². The van der Waals surface area contributed by atoms with Crippen molar-refractivity contribution in [2.45, 2.75) is 38.8 Å². The van der Waals surface area contributed by atoms with Crippen LogP contribution in [0.1, 0.15) is 31.9 Å². The van der Waals surface area contributed by atoms with Crippen LogP contribution in [0, 0.1) is 0 Å². The zero-order valence-electron chi connectivity index (χ0n) is 20.1. The molecule has 33 heavy (non-hydrogen) atoms. The number of halogens is 2.